The van der Waals surface area contributed by atoms with Crippen molar-refractivity contribution in [2.24, 2.45) is 4.99 Å². The van der Waals surface area contributed by atoms with Crippen molar-refractivity contribution in [1.82, 2.24) is 0 Å². The second-order valence-corrected chi connectivity index (χ2v) is 3.75. The summed E-state index contributed by atoms with van der Waals surface area (Å²) in [4.78, 5) is 6.84. The Balaban J connectivity index is 2.21. The van der Waals surface area contributed by atoms with Gasteiger partial charge in [-0.15, -0.1) is 0 Å². The normalized spacial score (nSPS) is 19.0. The molecule has 2 heterocycles. The summed E-state index contributed by atoms with van der Waals surface area (Å²) in [5, 5.41) is 0. The number of fused-ring (bicyclic) bond motifs is 3. The number of para-hydroxylation sites is 1. The lowest BCUT2D eigenvalue weighted by molar-refractivity contribution is 0.956. The molecule has 14 heavy (non-hydrogen) atoms. The number of nitrogens with zero attached hydrogens (tertiary/aromatic N) is 2. The molecule has 2 heteroatoms. The number of hydrogen-bond acceptors (Lipinski definition) is 2. The Labute approximate surface area is 83.6 Å². The van der Waals surface area contributed by atoms with E-state index in [1.807, 2.05) is 6.07 Å². The summed E-state index contributed by atoms with van der Waals surface area (Å²) < 4.78 is 0. The summed E-state index contributed by atoms with van der Waals surface area (Å²) in [6, 6.07) is 8.37. The Kier molecular flexibility index (Phi) is 1.51. The molecule has 0 aromatic heterocycles. The van der Waals surface area contributed by atoms with Gasteiger partial charge in [0.25, 0.3) is 0 Å². The molecular weight excluding hydrogens is 172 g/mol. The second-order valence-electron chi connectivity index (χ2n) is 3.75. The Morgan fingerprint density at radius 1 is 1.29 bits per heavy atom. The lowest BCUT2D eigenvalue weighted by Gasteiger charge is -2.26. The van der Waals surface area contributed by atoms with Crippen LogP contribution in [-0.2, 0) is 0 Å². The third kappa shape index (κ3) is 0.939. The molecule has 1 fully saturated rings. The zero-order valence-electron chi connectivity index (χ0n) is 8.03. The highest BCUT2D eigenvalue weighted by Gasteiger charge is 2.26. The molecule has 70 valence electrons. The van der Waals surface area contributed by atoms with Crippen molar-refractivity contribution in [3.05, 3.63) is 36.4 Å². The number of rotatable bonds is 0. The Morgan fingerprint density at radius 2 is 2.14 bits per heavy atom. The van der Waals surface area contributed by atoms with Gasteiger partial charge in [0, 0.05) is 18.5 Å². The van der Waals surface area contributed by atoms with Gasteiger partial charge in [-0.2, -0.15) is 0 Å². The first-order valence-electron chi connectivity index (χ1n) is 5.00. The van der Waals surface area contributed by atoms with E-state index in [1.165, 1.54) is 23.5 Å². The molecule has 0 radical (unpaired) electrons. The monoisotopic (exact) mass is 184 g/mol. The summed E-state index contributed by atoms with van der Waals surface area (Å²) in [5.41, 5.74) is 3.37. The van der Waals surface area contributed by atoms with Crippen molar-refractivity contribution in [2.75, 3.05) is 11.4 Å². The number of benzene rings is 1. The van der Waals surface area contributed by atoms with Crippen LogP contribution in [0.5, 0.6) is 0 Å². The fourth-order valence-corrected chi connectivity index (χ4v) is 2.20. The first kappa shape index (κ1) is 7.80. The van der Waals surface area contributed by atoms with Crippen LogP contribution in [0.2, 0.25) is 0 Å². The quantitative estimate of drug-likeness (QED) is 0.605. The zero-order chi connectivity index (χ0) is 9.54. The molecule has 0 aliphatic carbocycles. The minimum absolute atomic E-state index is 0.911. The van der Waals surface area contributed by atoms with Crippen LogP contribution >= 0.6 is 0 Å². The van der Waals surface area contributed by atoms with E-state index in [-0.39, 0.29) is 0 Å². The summed E-state index contributed by atoms with van der Waals surface area (Å²) in [6.45, 7) is 5.10. The van der Waals surface area contributed by atoms with Gasteiger partial charge in [0.2, 0.25) is 0 Å². The van der Waals surface area contributed by atoms with Crippen LogP contribution in [-0.4, -0.2) is 12.4 Å². The molecule has 2 aliphatic heterocycles. The topological polar surface area (TPSA) is 15.6 Å². The Bertz CT molecular complexity index is 432. The van der Waals surface area contributed by atoms with Gasteiger partial charge in [-0.25, -0.2) is 4.99 Å². The molecule has 3 rings (SSSR count). The van der Waals surface area contributed by atoms with Gasteiger partial charge in [-0.05, 0) is 12.5 Å². The molecular formula is C12H12N2. The van der Waals surface area contributed by atoms with E-state index < -0.39 is 0 Å². The van der Waals surface area contributed by atoms with Crippen molar-refractivity contribution in [3.8, 4) is 0 Å². The molecule has 2 aliphatic rings. The number of anilines is 1. The van der Waals surface area contributed by atoms with Crippen LogP contribution in [0.4, 0.5) is 5.69 Å². The van der Waals surface area contributed by atoms with Crippen LogP contribution in [0, 0.1) is 0 Å². The van der Waals surface area contributed by atoms with Gasteiger partial charge in [-0.1, -0.05) is 24.8 Å². The lowest BCUT2D eigenvalue weighted by atomic mass is 10.1. The fourth-order valence-electron chi connectivity index (χ4n) is 2.20. The summed E-state index contributed by atoms with van der Waals surface area (Å²) >= 11 is 0. The highest BCUT2D eigenvalue weighted by Crippen LogP contribution is 2.35. The maximum Gasteiger partial charge on any atom is 0.109 e. The molecule has 1 aromatic carbocycles. The Morgan fingerprint density at radius 3 is 3.07 bits per heavy atom. The van der Waals surface area contributed by atoms with Crippen LogP contribution in [0.1, 0.15) is 18.4 Å². The smallest absolute Gasteiger partial charge is 0.109 e. The van der Waals surface area contributed by atoms with Crippen LogP contribution in [0.15, 0.2) is 35.8 Å². The van der Waals surface area contributed by atoms with E-state index in [4.69, 9.17) is 0 Å². The molecule has 0 atom stereocenters. The van der Waals surface area contributed by atoms with Gasteiger partial charge >= 0.3 is 0 Å². The molecule has 0 N–H and O–H groups in total. The predicted molar refractivity (Wildman–Crippen MR) is 59.5 cm³/mol. The van der Waals surface area contributed by atoms with Gasteiger partial charge in [0.05, 0.1) is 11.4 Å². The van der Waals surface area contributed by atoms with Gasteiger partial charge in [0.15, 0.2) is 0 Å². The molecule has 0 amide bonds. The van der Waals surface area contributed by atoms with Crippen molar-refractivity contribution in [3.63, 3.8) is 0 Å². The minimum Gasteiger partial charge on any atom is -0.329 e. The second kappa shape index (κ2) is 2.71. The molecule has 1 saturated heterocycles. The van der Waals surface area contributed by atoms with E-state index in [2.05, 4.69) is 34.7 Å². The van der Waals surface area contributed by atoms with Crippen LogP contribution in [0.3, 0.4) is 0 Å². The average Bonchev–Trinajstić information content (AvgIpc) is 2.66. The third-order valence-corrected chi connectivity index (χ3v) is 2.86. The average molecular weight is 184 g/mol. The standard InChI is InChI=1S/C12H12N2/c1-9-10-5-2-3-6-11(10)14-8-4-7-12(14)13-9/h2-3,5-6H,1,4,7-8H2. The van der Waals surface area contributed by atoms with Crippen molar-refractivity contribution in [2.45, 2.75) is 12.8 Å². The van der Waals surface area contributed by atoms with Crippen LogP contribution < -0.4 is 4.90 Å². The highest BCUT2D eigenvalue weighted by molar-refractivity contribution is 6.07. The summed E-state index contributed by atoms with van der Waals surface area (Å²) in [7, 11) is 0. The maximum atomic E-state index is 4.53. The zero-order valence-corrected chi connectivity index (χ0v) is 8.03. The molecule has 0 bridgehead atoms. The molecule has 0 spiro atoms. The van der Waals surface area contributed by atoms with Gasteiger partial charge < -0.3 is 4.90 Å². The largest absolute Gasteiger partial charge is 0.329 e. The van der Waals surface area contributed by atoms with Gasteiger partial charge in [-0.3, -0.25) is 0 Å². The van der Waals surface area contributed by atoms with E-state index >= 15 is 0 Å². The Hall–Kier alpha value is -1.57. The van der Waals surface area contributed by atoms with E-state index in [9.17, 15) is 0 Å². The van der Waals surface area contributed by atoms with E-state index in [1.54, 1.807) is 0 Å². The van der Waals surface area contributed by atoms with Crippen molar-refractivity contribution >= 4 is 17.2 Å². The van der Waals surface area contributed by atoms with Gasteiger partial charge in [0.1, 0.15) is 5.84 Å². The molecule has 1 aromatic rings. The number of amidine groups is 1. The number of hydrogen-bond donors (Lipinski definition) is 0. The summed E-state index contributed by atoms with van der Waals surface area (Å²) in [6.07, 6.45) is 2.30. The van der Waals surface area contributed by atoms with Crippen molar-refractivity contribution < 1.29 is 0 Å². The minimum atomic E-state index is 0.911. The van der Waals surface area contributed by atoms with Crippen LogP contribution in [0.25, 0.3) is 5.70 Å². The molecule has 0 saturated carbocycles. The van der Waals surface area contributed by atoms with Crippen molar-refractivity contribution in [1.29, 1.82) is 0 Å². The summed E-state index contributed by atoms with van der Waals surface area (Å²) in [5.74, 6) is 1.19. The predicted octanol–water partition coefficient (Wildman–Crippen LogP) is 2.67. The number of aliphatic imine (C=N–C) groups is 1. The molecule has 2 nitrogen and oxygen atoms in total. The fraction of sp³-hybridized carbons (Fsp3) is 0.250. The first-order valence-corrected chi connectivity index (χ1v) is 5.00. The third-order valence-electron chi connectivity index (χ3n) is 2.86. The first-order chi connectivity index (χ1) is 6.86. The highest BCUT2D eigenvalue weighted by atomic mass is 15.2. The maximum absolute atomic E-state index is 4.53. The van der Waals surface area contributed by atoms with E-state index in [0.717, 1.165) is 18.7 Å². The molecule has 0 unspecified atom stereocenters. The van der Waals surface area contributed by atoms with E-state index in [0.29, 0.717) is 0 Å². The SMILES string of the molecule is C=C1N=C2CCCN2c2ccccc21. The lowest BCUT2D eigenvalue weighted by Crippen LogP contribution is -2.27.